The Labute approximate surface area is 191 Å². The summed E-state index contributed by atoms with van der Waals surface area (Å²) < 4.78 is 16.0. The van der Waals surface area contributed by atoms with Crippen molar-refractivity contribution in [1.82, 2.24) is 10.2 Å². The lowest BCUT2D eigenvalue weighted by molar-refractivity contribution is -0.149. The van der Waals surface area contributed by atoms with E-state index in [-0.39, 0.29) is 35.9 Å². The quantitative estimate of drug-likeness (QED) is 0.246. The topological polar surface area (TPSA) is 72.4 Å². The average Bonchev–Trinajstić information content (AvgIpc) is 2.73. The lowest BCUT2D eigenvalue weighted by Crippen LogP contribution is -2.48. The molecule has 29 heavy (non-hydrogen) atoms. The fourth-order valence-electron chi connectivity index (χ4n) is 3.41. The predicted octanol–water partition coefficient (Wildman–Crippen LogP) is 3.10. The molecule has 1 aliphatic rings. The molecule has 0 aromatic heterocycles. The number of carbonyl (C=O) groups is 1. The van der Waals surface area contributed by atoms with Crippen molar-refractivity contribution in [2.75, 3.05) is 47.0 Å². The molecule has 1 N–H and O–H groups in total. The summed E-state index contributed by atoms with van der Waals surface area (Å²) in [5.41, 5.74) is 1.06. The van der Waals surface area contributed by atoms with E-state index in [0.717, 1.165) is 55.4 Å². The van der Waals surface area contributed by atoms with Gasteiger partial charge in [-0.1, -0.05) is 0 Å². The van der Waals surface area contributed by atoms with Gasteiger partial charge in [0.1, 0.15) is 11.5 Å². The molecule has 1 atom stereocenters. The maximum atomic E-state index is 12.1. The Hall–Kier alpha value is -1.71. The molecule has 1 unspecified atom stereocenters. The predicted molar refractivity (Wildman–Crippen MR) is 126 cm³/mol. The summed E-state index contributed by atoms with van der Waals surface area (Å²) in [4.78, 5) is 19.1. The van der Waals surface area contributed by atoms with Crippen LogP contribution in [0.25, 0.3) is 0 Å². The largest absolute Gasteiger partial charge is 0.497 e. The number of carbonyl (C=O) groups excluding carboxylic acids is 1. The molecule has 2 rings (SSSR count). The minimum atomic E-state index is -0.107. The second-order valence-corrected chi connectivity index (χ2v) is 6.70. The van der Waals surface area contributed by atoms with E-state index in [0.29, 0.717) is 19.7 Å². The molecule has 7 nitrogen and oxygen atoms in total. The van der Waals surface area contributed by atoms with Crippen molar-refractivity contribution in [3.05, 3.63) is 23.8 Å². The number of benzene rings is 1. The van der Waals surface area contributed by atoms with Crippen molar-refractivity contribution in [2.24, 2.45) is 10.9 Å². The van der Waals surface area contributed by atoms with Crippen LogP contribution in [0.5, 0.6) is 11.5 Å². The van der Waals surface area contributed by atoms with Crippen LogP contribution in [0.4, 0.5) is 0 Å². The van der Waals surface area contributed by atoms with Crippen LogP contribution in [-0.2, 0) is 16.0 Å². The molecule has 0 saturated carbocycles. The number of ether oxygens (including phenoxy) is 3. The molecule has 8 heteroatoms. The van der Waals surface area contributed by atoms with Crippen molar-refractivity contribution in [3.63, 3.8) is 0 Å². The number of hydrogen-bond acceptors (Lipinski definition) is 5. The van der Waals surface area contributed by atoms with E-state index in [2.05, 4.69) is 10.2 Å². The van der Waals surface area contributed by atoms with Gasteiger partial charge in [-0.3, -0.25) is 9.79 Å². The van der Waals surface area contributed by atoms with E-state index in [1.165, 1.54) is 0 Å². The van der Waals surface area contributed by atoms with E-state index in [1.807, 2.05) is 32.0 Å². The number of halogens is 1. The molecule has 1 aromatic rings. The second-order valence-electron chi connectivity index (χ2n) is 6.70. The smallest absolute Gasteiger partial charge is 0.310 e. The zero-order chi connectivity index (χ0) is 20.4. The molecule has 1 aliphatic heterocycles. The number of rotatable bonds is 8. The fourth-order valence-corrected chi connectivity index (χ4v) is 3.41. The highest BCUT2D eigenvalue weighted by atomic mass is 127. The molecule has 0 radical (unpaired) electrons. The Balaban J connectivity index is 0.00000420. The number of piperidine rings is 1. The zero-order valence-electron chi connectivity index (χ0n) is 17.9. The molecule has 1 aromatic carbocycles. The SMILES string of the molecule is CCNC(=NCCc1cc(OC)ccc1OC)N1CCCC(C(=O)OCC)C1.I. The molecule has 0 bridgehead atoms. The van der Waals surface area contributed by atoms with Gasteiger partial charge in [0.2, 0.25) is 0 Å². The van der Waals surface area contributed by atoms with Gasteiger partial charge in [0.15, 0.2) is 5.96 Å². The van der Waals surface area contributed by atoms with Gasteiger partial charge in [-0.25, -0.2) is 0 Å². The molecule has 0 aliphatic carbocycles. The Morgan fingerprint density at radius 2 is 2.07 bits per heavy atom. The minimum absolute atomic E-state index is 0. The number of likely N-dealkylation sites (tertiary alicyclic amines) is 1. The maximum absolute atomic E-state index is 12.1. The first-order valence-corrected chi connectivity index (χ1v) is 10.0. The molecular formula is C21H34IN3O4. The first-order chi connectivity index (χ1) is 13.6. The Morgan fingerprint density at radius 3 is 2.72 bits per heavy atom. The Bertz CT molecular complexity index is 669. The Kier molecular flexibility index (Phi) is 11.8. The van der Waals surface area contributed by atoms with Crippen LogP contribution in [0.2, 0.25) is 0 Å². The number of methoxy groups -OCH3 is 2. The van der Waals surface area contributed by atoms with Gasteiger partial charge in [-0.15, -0.1) is 24.0 Å². The van der Waals surface area contributed by atoms with E-state index in [9.17, 15) is 4.79 Å². The van der Waals surface area contributed by atoms with Crippen LogP contribution in [-0.4, -0.2) is 63.8 Å². The van der Waals surface area contributed by atoms with Crippen LogP contribution >= 0.6 is 24.0 Å². The number of guanidine groups is 1. The van der Waals surface area contributed by atoms with E-state index >= 15 is 0 Å². The summed E-state index contributed by atoms with van der Waals surface area (Å²) in [6, 6.07) is 5.79. The summed E-state index contributed by atoms with van der Waals surface area (Å²) >= 11 is 0. The van der Waals surface area contributed by atoms with Gasteiger partial charge >= 0.3 is 5.97 Å². The normalized spacial score (nSPS) is 16.6. The molecule has 0 amide bonds. The average molecular weight is 519 g/mol. The lowest BCUT2D eigenvalue weighted by Gasteiger charge is -2.34. The number of nitrogens with one attached hydrogen (secondary N) is 1. The minimum Gasteiger partial charge on any atom is -0.497 e. The third-order valence-corrected chi connectivity index (χ3v) is 4.81. The van der Waals surface area contributed by atoms with Crippen LogP contribution in [0.1, 0.15) is 32.3 Å². The van der Waals surface area contributed by atoms with Crippen LogP contribution < -0.4 is 14.8 Å². The molecular weight excluding hydrogens is 485 g/mol. The number of hydrogen-bond donors (Lipinski definition) is 1. The van der Waals surface area contributed by atoms with Crippen LogP contribution in [0.3, 0.4) is 0 Å². The third-order valence-electron chi connectivity index (χ3n) is 4.81. The molecule has 0 spiro atoms. The van der Waals surface area contributed by atoms with Gasteiger partial charge in [0.05, 0.1) is 26.7 Å². The second kappa shape index (κ2) is 13.5. The van der Waals surface area contributed by atoms with Crippen LogP contribution in [0, 0.1) is 5.92 Å². The third kappa shape index (κ3) is 7.56. The number of esters is 1. The highest BCUT2D eigenvalue weighted by Crippen LogP contribution is 2.24. The van der Waals surface area contributed by atoms with Gasteiger partial charge in [-0.05, 0) is 56.9 Å². The van der Waals surface area contributed by atoms with Crippen molar-refractivity contribution in [2.45, 2.75) is 33.1 Å². The zero-order valence-corrected chi connectivity index (χ0v) is 20.2. The van der Waals surface area contributed by atoms with Crippen molar-refractivity contribution >= 4 is 35.9 Å². The highest BCUT2D eigenvalue weighted by Gasteiger charge is 2.28. The molecule has 164 valence electrons. The van der Waals surface area contributed by atoms with Gasteiger partial charge in [0, 0.05) is 26.2 Å². The van der Waals surface area contributed by atoms with Crippen molar-refractivity contribution < 1.29 is 19.0 Å². The summed E-state index contributed by atoms with van der Waals surface area (Å²) in [6.45, 7) is 7.25. The summed E-state index contributed by atoms with van der Waals surface area (Å²) in [5.74, 6) is 2.29. The molecule has 1 saturated heterocycles. The van der Waals surface area contributed by atoms with Gasteiger partial charge < -0.3 is 24.4 Å². The standard InChI is InChI=1S/C21H33N3O4.HI/c1-5-22-21(24-13-7-8-17(15-24)20(25)28-6-2)23-12-11-16-14-18(26-3)9-10-19(16)27-4;/h9-10,14,17H,5-8,11-13,15H2,1-4H3,(H,22,23);1H. The van der Waals surface area contributed by atoms with E-state index < -0.39 is 0 Å². The summed E-state index contributed by atoms with van der Waals surface area (Å²) in [7, 11) is 3.32. The van der Waals surface area contributed by atoms with Gasteiger partial charge in [-0.2, -0.15) is 0 Å². The number of aliphatic imine (C=N–C) groups is 1. The highest BCUT2D eigenvalue weighted by molar-refractivity contribution is 14.0. The first-order valence-electron chi connectivity index (χ1n) is 10.0. The summed E-state index contributed by atoms with van der Waals surface area (Å²) in [6.07, 6.45) is 2.57. The van der Waals surface area contributed by atoms with Crippen molar-refractivity contribution in [1.29, 1.82) is 0 Å². The fraction of sp³-hybridized carbons (Fsp3) is 0.619. The first kappa shape index (κ1) is 25.3. The summed E-state index contributed by atoms with van der Waals surface area (Å²) in [5, 5.41) is 3.35. The Morgan fingerprint density at radius 1 is 1.28 bits per heavy atom. The van der Waals surface area contributed by atoms with E-state index in [4.69, 9.17) is 19.2 Å². The number of nitrogens with zero attached hydrogens (tertiary/aromatic N) is 2. The molecule has 1 heterocycles. The van der Waals surface area contributed by atoms with Crippen LogP contribution in [0.15, 0.2) is 23.2 Å². The molecule has 1 fully saturated rings. The lowest BCUT2D eigenvalue weighted by atomic mass is 9.98. The van der Waals surface area contributed by atoms with Gasteiger partial charge in [0.25, 0.3) is 0 Å². The van der Waals surface area contributed by atoms with Crippen molar-refractivity contribution in [3.8, 4) is 11.5 Å². The monoisotopic (exact) mass is 519 g/mol. The van der Waals surface area contributed by atoms with E-state index in [1.54, 1.807) is 14.2 Å². The maximum Gasteiger partial charge on any atom is 0.310 e.